The number of ether oxygens (including phenoxy) is 4. The molecule has 4 heterocycles. The summed E-state index contributed by atoms with van der Waals surface area (Å²) in [5, 5.41) is 0. The first-order valence-electron chi connectivity index (χ1n) is 27.7. The zero-order chi connectivity index (χ0) is 54.9. The molecule has 0 bridgehead atoms. The van der Waals surface area contributed by atoms with E-state index in [-0.39, 0.29) is 48.9 Å². The molecule has 4 aromatic carbocycles. The van der Waals surface area contributed by atoms with Crippen LogP contribution >= 0.6 is 0 Å². The molecule has 0 saturated heterocycles. The molecule has 4 aliphatic heterocycles. The molecule has 72 heavy (non-hydrogen) atoms. The molecule has 0 aromatic heterocycles. The third kappa shape index (κ3) is 13.5. The van der Waals surface area contributed by atoms with Gasteiger partial charge in [0.25, 0.3) is 0 Å². The van der Waals surface area contributed by atoms with Crippen LogP contribution in [0.2, 0.25) is 0 Å². The lowest BCUT2D eigenvalue weighted by molar-refractivity contribution is 0.136. The molecule has 0 fully saturated rings. The van der Waals surface area contributed by atoms with Gasteiger partial charge in [0.15, 0.2) is 0 Å². The number of hydrogen-bond acceptors (Lipinski definition) is 4. The van der Waals surface area contributed by atoms with Gasteiger partial charge >= 0.3 is 0 Å². The standard InChI is InChI=1S/C18H28O.2C17H26O.C16H24O/c1-16(2,3)13-9-10-14(17(4,5)6)15-12(13)11-18(7,8)19-15;2*1-11-10-12-13(16(2,3)4)8-9-14(15(12)18-11)17(5,6)7;1-15(2,3)12-7-8-13(16(4,5)6)14-11(12)9-10-17-14/h9-10H,11H2,1-8H3;2*8-9,11H,10H2,1-7H3;7-8H,9-10H2,1-6H3/t;11-;;/m.1../s1. The molecule has 4 heteroatoms. The largest absolute Gasteiger partial charge is 0.493 e. The fraction of sp³-hybridized carbons (Fsp3) is 0.647. The van der Waals surface area contributed by atoms with Crippen molar-refractivity contribution in [2.24, 2.45) is 0 Å². The van der Waals surface area contributed by atoms with E-state index in [9.17, 15) is 0 Å². The lowest BCUT2D eigenvalue weighted by Gasteiger charge is -2.27. The van der Waals surface area contributed by atoms with Crippen LogP contribution < -0.4 is 18.9 Å². The lowest BCUT2D eigenvalue weighted by Crippen LogP contribution is -2.25. The predicted octanol–water partition coefficient (Wildman–Crippen LogP) is 18.4. The topological polar surface area (TPSA) is 36.9 Å². The van der Waals surface area contributed by atoms with Gasteiger partial charge in [-0.25, -0.2) is 0 Å². The Hall–Kier alpha value is -3.92. The second kappa shape index (κ2) is 20.0. The van der Waals surface area contributed by atoms with Crippen LogP contribution in [0, 0.1) is 0 Å². The number of benzene rings is 4. The average molecular weight is 986 g/mol. The maximum atomic E-state index is 6.29. The second-order valence-electron chi connectivity index (χ2n) is 30.8. The van der Waals surface area contributed by atoms with E-state index in [1.165, 1.54) is 66.8 Å². The first kappa shape index (κ1) is 59.0. The quantitative estimate of drug-likeness (QED) is 0.176. The Balaban J connectivity index is 0.000000178. The van der Waals surface area contributed by atoms with E-state index in [0.29, 0.717) is 12.2 Å². The number of fused-ring (bicyclic) bond motifs is 4. The van der Waals surface area contributed by atoms with Gasteiger partial charge in [-0.15, -0.1) is 0 Å². The van der Waals surface area contributed by atoms with E-state index in [0.717, 1.165) is 55.3 Å². The SMILES string of the molecule is CC(C)(C)c1ccc(C(C)(C)C)c2c1CCO2.CC1(C)Cc2c(C(C)(C)C)ccc(C(C)(C)C)c2O1.CC1Cc2c(C(C)(C)C)ccc(C(C)(C)C)c2O1.C[C@@H]1Cc2c(C(C)(C)C)ccc(C(C)(C)C)c2O1. The molecule has 4 aromatic rings. The van der Waals surface area contributed by atoms with Crippen LogP contribution in [0.3, 0.4) is 0 Å². The molecular weight excluding hydrogens is 881 g/mol. The van der Waals surface area contributed by atoms with Gasteiger partial charge in [-0.2, -0.15) is 0 Å². The lowest BCUT2D eigenvalue weighted by atomic mass is 9.78. The van der Waals surface area contributed by atoms with Crippen molar-refractivity contribution in [2.75, 3.05) is 6.61 Å². The highest BCUT2D eigenvalue weighted by Gasteiger charge is 2.39. The van der Waals surface area contributed by atoms with Crippen LogP contribution in [0.1, 0.15) is 261 Å². The van der Waals surface area contributed by atoms with E-state index in [1.54, 1.807) is 0 Å². The molecule has 8 rings (SSSR count). The van der Waals surface area contributed by atoms with Gasteiger partial charge in [-0.3, -0.25) is 0 Å². The Bertz CT molecular complexity index is 2300. The van der Waals surface area contributed by atoms with Crippen molar-refractivity contribution in [1.29, 1.82) is 0 Å². The summed E-state index contributed by atoms with van der Waals surface area (Å²) in [6, 6.07) is 18.3. The van der Waals surface area contributed by atoms with Crippen molar-refractivity contribution < 1.29 is 18.9 Å². The van der Waals surface area contributed by atoms with Crippen molar-refractivity contribution in [3.8, 4) is 23.0 Å². The molecule has 2 atom stereocenters. The highest BCUT2D eigenvalue weighted by atomic mass is 16.5. The van der Waals surface area contributed by atoms with E-state index in [4.69, 9.17) is 18.9 Å². The smallest absolute Gasteiger partial charge is 0.127 e. The summed E-state index contributed by atoms with van der Waals surface area (Å²) in [5.41, 5.74) is 18.1. The Labute approximate surface area is 442 Å². The zero-order valence-electron chi connectivity index (χ0n) is 51.4. The summed E-state index contributed by atoms with van der Waals surface area (Å²) in [4.78, 5) is 0. The predicted molar refractivity (Wildman–Crippen MR) is 311 cm³/mol. The monoisotopic (exact) mass is 985 g/mol. The summed E-state index contributed by atoms with van der Waals surface area (Å²) < 4.78 is 24.4. The molecular formula is C68H104O4. The summed E-state index contributed by atoms with van der Waals surface area (Å²) in [7, 11) is 0. The Kier molecular flexibility index (Phi) is 16.4. The third-order valence-corrected chi connectivity index (χ3v) is 14.7. The molecule has 0 N–H and O–H groups in total. The van der Waals surface area contributed by atoms with Gasteiger partial charge in [0, 0.05) is 47.9 Å². The van der Waals surface area contributed by atoms with Crippen LogP contribution in [-0.2, 0) is 69.0 Å². The Morgan fingerprint density at radius 3 is 0.931 bits per heavy atom. The molecule has 400 valence electrons. The normalized spacial score (nSPS) is 18.3. The molecule has 0 amide bonds. The van der Waals surface area contributed by atoms with E-state index < -0.39 is 0 Å². The fourth-order valence-electron chi connectivity index (χ4n) is 11.1. The molecule has 4 aliphatic rings. The minimum absolute atomic E-state index is 0.0797. The van der Waals surface area contributed by atoms with Gasteiger partial charge in [0.05, 0.1) is 6.61 Å². The molecule has 0 radical (unpaired) electrons. The Morgan fingerprint density at radius 2 is 0.611 bits per heavy atom. The molecule has 0 spiro atoms. The third-order valence-electron chi connectivity index (χ3n) is 14.7. The molecule has 0 aliphatic carbocycles. The zero-order valence-corrected chi connectivity index (χ0v) is 51.4. The van der Waals surface area contributed by atoms with E-state index >= 15 is 0 Å². The van der Waals surface area contributed by atoms with Crippen molar-refractivity contribution in [1.82, 2.24) is 0 Å². The van der Waals surface area contributed by atoms with Crippen molar-refractivity contribution in [3.63, 3.8) is 0 Å². The van der Waals surface area contributed by atoms with Gasteiger partial charge in [0.2, 0.25) is 0 Å². The van der Waals surface area contributed by atoms with Crippen molar-refractivity contribution >= 4 is 0 Å². The summed E-state index contributed by atoms with van der Waals surface area (Å²) >= 11 is 0. The second-order valence-corrected chi connectivity index (χ2v) is 30.8. The van der Waals surface area contributed by atoms with Gasteiger partial charge < -0.3 is 18.9 Å². The van der Waals surface area contributed by atoms with Crippen LogP contribution in [0.25, 0.3) is 0 Å². The summed E-state index contributed by atoms with van der Waals surface area (Å²) in [5.74, 6) is 4.61. The Morgan fingerprint density at radius 1 is 0.347 bits per heavy atom. The number of hydrogen-bond donors (Lipinski definition) is 0. The average Bonchev–Trinajstić information content (AvgIpc) is 3.97. The van der Waals surface area contributed by atoms with Gasteiger partial charge in [-0.05, 0) is 116 Å². The van der Waals surface area contributed by atoms with Crippen LogP contribution in [-0.4, -0.2) is 24.4 Å². The molecule has 0 saturated carbocycles. The van der Waals surface area contributed by atoms with Gasteiger partial charge in [-0.1, -0.05) is 215 Å². The summed E-state index contributed by atoms with van der Waals surface area (Å²) in [6.07, 6.45) is 4.79. The van der Waals surface area contributed by atoms with Crippen molar-refractivity contribution in [2.45, 2.75) is 281 Å². The van der Waals surface area contributed by atoms with Gasteiger partial charge in [0.1, 0.15) is 40.8 Å². The van der Waals surface area contributed by atoms with E-state index in [2.05, 4.69) is 242 Å². The first-order chi connectivity index (χ1) is 32.3. The minimum atomic E-state index is -0.0797. The molecule has 1 unspecified atom stereocenters. The van der Waals surface area contributed by atoms with E-state index in [1.807, 2.05) is 0 Å². The van der Waals surface area contributed by atoms with Crippen molar-refractivity contribution in [3.05, 3.63) is 115 Å². The van der Waals surface area contributed by atoms with Crippen LogP contribution in [0.4, 0.5) is 0 Å². The number of rotatable bonds is 0. The molecule has 4 nitrogen and oxygen atoms in total. The van der Waals surface area contributed by atoms with Crippen LogP contribution in [0.15, 0.2) is 48.5 Å². The van der Waals surface area contributed by atoms with Crippen LogP contribution in [0.5, 0.6) is 23.0 Å². The highest BCUT2D eigenvalue weighted by molar-refractivity contribution is 5.57. The maximum Gasteiger partial charge on any atom is 0.127 e. The minimum Gasteiger partial charge on any atom is -0.493 e. The maximum absolute atomic E-state index is 6.29. The fourth-order valence-corrected chi connectivity index (χ4v) is 11.1. The highest BCUT2D eigenvalue weighted by Crippen LogP contribution is 2.48. The summed E-state index contributed by atoms with van der Waals surface area (Å²) in [6.45, 7) is 64.0. The first-order valence-corrected chi connectivity index (χ1v) is 27.7.